The molecule has 0 aromatic carbocycles. The summed E-state index contributed by atoms with van der Waals surface area (Å²) in [6.07, 6.45) is 1.73. The summed E-state index contributed by atoms with van der Waals surface area (Å²) in [6.45, 7) is 3.57. The molecule has 1 N–H and O–H groups in total. The number of nitrogens with zero attached hydrogens (tertiary/aromatic N) is 3. The van der Waals surface area contributed by atoms with Crippen molar-refractivity contribution in [2.45, 2.75) is 44.2 Å². The Morgan fingerprint density at radius 3 is 2.86 bits per heavy atom. The average molecular weight is 326 g/mol. The topological polar surface area (TPSA) is 78.6 Å². The van der Waals surface area contributed by atoms with Crippen LogP contribution in [0.4, 0.5) is 0 Å². The Morgan fingerprint density at radius 2 is 2.09 bits per heavy atom. The summed E-state index contributed by atoms with van der Waals surface area (Å²) < 4.78 is 19.6. The summed E-state index contributed by atoms with van der Waals surface area (Å²) in [6, 6.07) is 1.84. The van der Waals surface area contributed by atoms with E-state index in [-0.39, 0.29) is 18.8 Å². The van der Waals surface area contributed by atoms with Crippen molar-refractivity contribution in [3.05, 3.63) is 23.7 Å². The van der Waals surface area contributed by atoms with Crippen LogP contribution in [-0.4, -0.2) is 50.3 Å². The Morgan fingerprint density at radius 1 is 1.32 bits per heavy atom. The lowest BCUT2D eigenvalue weighted by Gasteiger charge is -2.24. The second-order valence-corrected chi connectivity index (χ2v) is 6.30. The molecule has 2 aliphatic heterocycles. The minimum absolute atomic E-state index is 0.133. The fraction of sp³-hybridized carbons (Fsp3) is 0.571. The lowest BCUT2D eigenvalue weighted by Crippen LogP contribution is -2.31. The van der Waals surface area contributed by atoms with E-state index >= 15 is 0 Å². The van der Waals surface area contributed by atoms with Crippen molar-refractivity contribution in [1.82, 2.24) is 14.5 Å². The van der Waals surface area contributed by atoms with E-state index in [1.54, 1.807) is 0 Å². The normalized spacial score (nSPS) is 33.5. The van der Waals surface area contributed by atoms with Crippen LogP contribution in [0, 0.1) is 0 Å². The highest BCUT2D eigenvalue weighted by molar-refractivity contribution is 6.33. The van der Waals surface area contributed by atoms with Crippen LogP contribution in [-0.2, 0) is 14.2 Å². The molecule has 0 amide bonds. The first-order valence-electron chi connectivity index (χ1n) is 7.09. The zero-order chi connectivity index (χ0) is 15.5. The molecule has 0 radical (unpaired) electrons. The summed E-state index contributed by atoms with van der Waals surface area (Å²) in [5, 5.41) is 10.7. The van der Waals surface area contributed by atoms with Crippen LogP contribution in [0.2, 0.25) is 5.15 Å². The largest absolute Gasteiger partial charge is 0.394 e. The van der Waals surface area contributed by atoms with Crippen LogP contribution in [0.5, 0.6) is 0 Å². The molecule has 0 saturated carbocycles. The van der Waals surface area contributed by atoms with Gasteiger partial charge in [0.05, 0.1) is 12.0 Å². The van der Waals surface area contributed by atoms with Gasteiger partial charge in [-0.2, -0.15) is 0 Å². The number of ether oxygens (including phenoxy) is 3. The minimum Gasteiger partial charge on any atom is -0.394 e. The Bertz CT molecular complexity index is 719. The number of aliphatic hydroxyl groups is 1. The van der Waals surface area contributed by atoms with E-state index in [1.807, 2.05) is 30.7 Å². The second kappa shape index (κ2) is 4.87. The van der Waals surface area contributed by atoms with Crippen LogP contribution in [0.15, 0.2) is 18.6 Å². The molecule has 0 spiro atoms. The van der Waals surface area contributed by atoms with Gasteiger partial charge in [-0.05, 0) is 19.9 Å². The van der Waals surface area contributed by atoms with Crippen molar-refractivity contribution in [3.8, 4) is 0 Å². The van der Waals surface area contributed by atoms with Gasteiger partial charge in [-0.25, -0.2) is 9.97 Å². The summed E-state index contributed by atoms with van der Waals surface area (Å²) in [7, 11) is 0. The van der Waals surface area contributed by atoms with Crippen LogP contribution in [0.1, 0.15) is 20.1 Å². The first-order chi connectivity index (χ1) is 10.5. The van der Waals surface area contributed by atoms with Crippen LogP contribution >= 0.6 is 11.6 Å². The third-order valence-corrected chi connectivity index (χ3v) is 4.34. The minimum atomic E-state index is -0.708. The maximum absolute atomic E-state index is 9.54. The Kier molecular flexibility index (Phi) is 3.18. The number of hydrogen-bond donors (Lipinski definition) is 1. The molecule has 2 aromatic rings. The number of rotatable bonds is 2. The fourth-order valence-electron chi connectivity index (χ4n) is 3.18. The van der Waals surface area contributed by atoms with Gasteiger partial charge in [0, 0.05) is 6.20 Å². The molecule has 4 rings (SSSR count). The van der Waals surface area contributed by atoms with Gasteiger partial charge in [0.15, 0.2) is 12.0 Å². The van der Waals surface area contributed by atoms with E-state index in [9.17, 15) is 5.11 Å². The maximum atomic E-state index is 9.54. The maximum Gasteiger partial charge on any atom is 0.164 e. The van der Waals surface area contributed by atoms with Gasteiger partial charge in [0.25, 0.3) is 0 Å². The monoisotopic (exact) mass is 325 g/mol. The van der Waals surface area contributed by atoms with Crippen LogP contribution < -0.4 is 0 Å². The van der Waals surface area contributed by atoms with Crippen LogP contribution in [0.3, 0.4) is 0 Å². The summed E-state index contributed by atoms with van der Waals surface area (Å²) >= 11 is 6.09. The molecular formula is C14H16ClN3O4. The SMILES string of the molecule is CC1(C)O[C@@H]2C(CO)OC(n3ccc4c(Cl)ncnc43)[C@@H]2O1. The third-order valence-electron chi connectivity index (χ3n) is 4.04. The van der Waals surface area contributed by atoms with E-state index in [4.69, 9.17) is 25.8 Å². The summed E-state index contributed by atoms with van der Waals surface area (Å²) in [5.74, 6) is -0.708. The molecule has 118 valence electrons. The number of aliphatic hydroxyl groups excluding tert-OH is 1. The molecule has 4 atom stereocenters. The lowest BCUT2D eigenvalue weighted by molar-refractivity contribution is -0.199. The predicted octanol–water partition coefficient (Wildman–Crippen LogP) is 1.49. The van der Waals surface area contributed by atoms with Gasteiger partial charge in [-0.3, -0.25) is 0 Å². The van der Waals surface area contributed by atoms with Crippen molar-refractivity contribution >= 4 is 22.6 Å². The van der Waals surface area contributed by atoms with E-state index in [2.05, 4.69) is 9.97 Å². The molecule has 2 saturated heterocycles. The standard InChI is InChI=1S/C14H16ClN3O4/c1-14(2)21-9-8(5-19)20-13(10(9)22-14)18-4-3-7-11(15)16-6-17-12(7)18/h3-4,6,8-10,13,19H,5H2,1-2H3/t8?,9-,10-,13?/m1/s1. The molecule has 2 aromatic heterocycles. The molecule has 2 fully saturated rings. The highest BCUT2D eigenvalue weighted by Gasteiger charge is 2.55. The molecule has 2 unspecified atom stereocenters. The van der Waals surface area contributed by atoms with Gasteiger partial charge >= 0.3 is 0 Å². The van der Waals surface area contributed by atoms with E-state index in [0.717, 1.165) is 5.39 Å². The molecule has 0 bridgehead atoms. The second-order valence-electron chi connectivity index (χ2n) is 5.94. The molecule has 8 heteroatoms. The number of hydrogen-bond acceptors (Lipinski definition) is 6. The van der Waals surface area contributed by atoms with Gasteiger partial charge < -0.3 is 23.9 Å². The summed E-state index contributed by atoms with van der Waals surface area (Å²) in [5.41, 5.74) is 0.663. The predicted molar refractivity (Wildman–Crippen MR) is 77.4 cm³/mol. The Labute approximate surface area is 131 Å². The Balaban J connectivity index is 1.77. The smallest absolute Gasteiger partial charge is 0.164 e. The highest BCUT2D eigenvalue weighted by Crippen LogP contribution is 2.43. The number of aromatic nitrogens is 3. The molecular weight excluding hydrogens is 310 g/mol. The quantitative estimate of drug-likeness (QED) is 0.843. The average Bonchev–Trinajstić information content (AvgIpc) is 3.10. The zero-order valence-corrected chi connectivity index (χ0v) is 12.9. The van der Waals surface area contributed by atoms with Gasteiger partial charge in [0.2, 0.25) is 0 Å². The first kappa shape index (κ1) is 14.3. The fourth-order valence-corrected chi connectivity index (χ4v) is 3.37. The summed E-state index contributed by atoms with van der Waals surface area (Å²) in [4.78, 5) is 8.25. The lowest BCUT2D eigenvalue weighted by atomic mass is 10.1. The highest BCUT2D eigenvalue weighted by atomic mass is 35.5. The van der Waals surface area contributed by atoms with Gasteiger partial charge in [-0.15, -0.1) is 0 Å². The molecule has 22 heavy (non-hydrogen) atoms. The Hall–Kier alpha value is -1.25. The molecule has 2 aliphatic rings. The first-order valence-corrected chi connectivity index (χ1v) is 7.47. The van der Waals surface area contributed by atoms with Crippen molar-refractivity contribution in [2.24, 2.45) is 0 Å². The molecule has 7 nitrogen and oxygen atoms in total. The van der Waals surface area contributed by atoms with Crippen molar-refractivity contribution < 1.29 is 19.3 Å². The van der Waals surface area contributed by atoms with Gasteiger partial charge in [-0.1, -0.05) is 11.6 Å². The van der Waals surface area contributed by atoms with Gasteiger partial charge in [0.1, 0.15) is 35.4 Å². The van der Waals surface area contributed by atoms with E-state index < -0.39 is 18.1 Å². The molecule has 4 heterocycles. The van der Waals surface area contributed by atoms with Crippen molar-refractivity contribution in [1.29, 1.82) is 0 Å². The van der Waals surface area contributed by atoms with E-state index in [0.29, 0.717) is 10.8 Å². The van der Waals surface area contributed by atoms with Crippen LogP contribution in [0.25, 0.3) is 11.0 Å². The third kappa shape index (κ3) is 2.04. The molecule has 0 aliphatic carbocycles. The van der Waals surface area contributed by atoms with Crippen molar-refractivity contribution in [3.63, 3.8) is 0 Å². The number of fused-ring (bicyclic) bond motifs is 2. The zero-order valence-electron chi connectivity index (χ0n) is 12.1. The van der Waals surface area contributed by atoms with Crippen molar-refractivity contribution in [2.75, 3.05) is 6.61 Å². The number of halogens is 1. The van der Waals surface area contributed by atoms with E-state index in [1.165, 1.54) is 6.33 Å².